The van der Waals surface area contributed by atoms with Gasteiger partial charge in [0.1, 0.15) is 18.3 Å². The summed E-state index contributed by atoms with van der Waals surface area (Å²) in [5.74, 6) is -0.442. The number of ether oxygens (including phenoxy) is 5. The third-order valence-corrected chi connectivity index (χ3v) is 7.72. The van der Waals surface area contributed by atoms with E-state index in [4.69, 9.17) is 39.2 Å². The monoisotopic (exact) mass is 604 g/mol. The van der Waals surface area contributed by atoms with Crippen molar-refractivity contribution in [1.29, 1.82) is 0 Å². The molecule has 2 saturated carbocycles. The number of carbonyl (C=O) groups is 1. The van der Waals surface area contributed by atoms with Gasteiger partial charge in [-0.05, 0) is 37.8 Å². The number of aliphatic hydroxyl groups is 1. The summed E-state index contributed by atoms with van der Waals surface area (Å²) < 4.78 is 44.6. The van der Waals surface area contributed by atoms with E-state index < -0.39 is 44.9 Å². The molecule has 0 spiro atoms. The molecule has 13 nitrogen and oxygen atoms in total. The molecule has 1 unspecified atom stereocenters. The molecular weight excluding hydrogens is 559 g/mol. The van der Waals surface area contributed by atoms with Gasteiger partial charge in [0.15, 0.2) is 6.29 Å². The summed E-state index contributed by atoms with van der Waals surface area (Å²) in [4.78, 5) is 32.1. The molecule has 5 N–H and O–H groups in total. The van der Waals surface area contributed by atoms with Crippen LogP contribution in [0.15, 0.2) is 24.5 Å². The van der Waals surface area contributed by atoms with Crippen molar-refractivity contribution in [1.82, 2.24) is 4.98 Å². The second-order valence-electron chi connectivity index (χ2n) is 10.4. The molecule has 0 aromatic carbocycles. The number of phosphoric acid groups is 1. The van der Waals surface area contributed by atoms with Crippen molar-refractivity contribution in [3.63, 3.8) is 0 Å². The number of carbonyl (C=O) groups excluding carboxylic acids is 1. The van der Waals surface area contributed by atoms with Gasteiger partial charge in [-0.15, -0.1) is 0 Å². The molecule has 4 rings (SSSR count). The predicted molar refractivity (Wildman–Crippen MR) is 147 cm³/mol. The number of nitrogens with zero attached hydrogens (tertiary/aromatic N) is 1. The van der Waals surface area contributed by atoms with Crippen LogP contribution in [0.1, 0.15) is 74.6 Å². The Morgan fingerprint density at radius 2 is 1.44 bits per heavy atom. The second-order valence-corrected chi connectivity index (χ2v) is 11.6. The van der Waals surface area contributed by atoms with E-state index in [0.29, 0.717) is 18.8 Å². The fourth-order valence-corrected chi connectivity index (χ4v) is 5.50. The summed E-state index contributed by atoms with van der Waals surface area (Å²) in [5, 5.41) is 10.3. The summed E-state index contributed by atoms with van der Waals surface area (Å²) in [6.07, 6.45) is 11.2. The third kappa shape index (κ3) is 13.1. The second kappa shape index (κ2) is 18.2. The van der Waals surface area contributed by atoms with Gasteiger partial charge in [-0.1, -0.05) is 38.5 Å². The van der Waals surface area contributed by atoms with Crippen molar-refractivity contribution in [3.8, 4) is 0 Å². The minimum Gasteiger partial charge on any atom is -0.376 e. The molecule has 1 aromatic heterocycles. The van der Waals surface area contributed by atoms with E-state index in [1.807, 2.05) is 0 Å². The fraction of sp³-hybridized carbons (Fsp3) is 0.778. The molecule has 14 heteroatoms. The Kier molecular flexibility index (Phi) is 15.1. The van der Waals surface area contributed by atoms with Gasteiger partial charge >= 0.3 is 7.82 Å². The Morgan fingerprint density at radius 3 is 1.90 bits per heavy atom. The number of hydrogen-bond donors (Lipinski definition) is 4. The number of aliphatic hydroxyl groups excluding tert-OH is 1. The number of phosphoric ester groups is 1. The molecule has 1 aliphatic heterocycles. The van der Waals surface area contributed by atoms with Crippen molar-refractivity contribution < 1.29 is 52.5 Å². The van der Waals surface area contributed by atoms with Crippen LogP contribution in [0, 0.1) is 0 Å². The molecule has 2 aliphatic carbocycles. The van der Waals surface area contributed by atoms with Gasteiger partial charge in [-0.2, -0.15) is 0 Å². The molecule has 4 atom stereocenters. The summed E-state index contributed by atoms with van der Waals surface area (Å²) in [6, 6.07) is 3.29. The fourth-order valence-electron chi connectivity index (χ4n) is 5.16. The Balaban J connectivity index is 0.000000436. The zero-order valence-electron chi connectivity index (χ0n) is 23.5. The van der Waals surface area contributed by atoms with Crippen LogP contribution < -0.4 is 5.73 Å². The normalized spacial score (nSPS) is 25.9. The van der Waals surface area contributed by atoms with Crippen LogP contribution in [0.4, 0.5) is 0 Å². The zero-order valence-corrected chi connectivity index (χ0v) is 24.4. The van der Waals surface area contributed by atoms with Gasteiger partial charge < -0.3 is 44.3 Å². The number of aromatic nitrogens is 1. The van der Waals surface area contributed by atoms with E-state index >= 15 is 0 Å². The first-order valence-electron chi connectivity index (χ1n) is 14.4. The summed E-state index contributed by atoms with van der Waals surface area (Å²) in [6.45, 7) is 0.873. The summed E-state index contributed by atoms with van der Waals surface area (Å²) in [5.41, 5.74) is 5.38. The Hall–Kier alpha value is -1.51. The lowest BCUT2D eigenvalue weighted by Crippen LogP contribution is -2.40. The minimum atomic E-state index is -4.68. The van der Waals surface area contributed by atoms with Crippen molar-refractivity contribution in [3.05, 3.63) is 30.1 Å². The molecule has 0 bridgehead atoms. The largest absolute Gasteiger partial charge is 0.469 e. The molecule has 3 fully saturated rings. The standard InChI is InChI=1S/C21H39O10P.C6H6N2O/c22-21-20(29-14-12-27-17-9-5-2-6-10-17)19(18(31-21)15-30-32(23,24)25)28-13-11-26-16-7-3-1-4-8-16;7-6(9)5-2-1-3-8-4-5/h16-22H,1-15H2,(H2,23,24,25);1-4H,(H2,7,9)/t18-,19-,20-,21?;/m1./s1. The molecule has 1 saturated heterocycles. The van der Waals surface area contributed by atoms with Crippen molar-refractivity contribution in [2.75, 3.05) is 33.0 Å². The van der Waals surface area contributed by atoms with Gasteiger partial charge in [0.25, 0.3) is 0 Å². The Labute approximate surface area is 241 Å². The maximum Gasteiger partial charge on any atom is 0.469 e. The average Bonchev–Trinajstić information content (AvgIpc) is 3.27. The number of nitrogens with two attached hydrogens (primary N) is 1. The predicted octanol–water partition coefficient (Wildman–Crippen LogP) is 2.46. The molecule has 1 aromatic rings. The first kappa shape index (κ1) is 34.0. The lowest BCUT2D eigenvalue weighted by atomic mass is 9.98. The van der Waals surface area contributed by atoms with Crippen LogP contribution in [0.3, 0.4) is 0 Å². The first-order valence-corrected chi connectivity index (χ1v) is 16.0. The van der Waals surface area contributed by atoms with Crippen LogP contribution in [0.5, 0.6) is 0 Å². The molecule has 0 radical (unpaired) electrons. The van der Waals surface area contributed by atoms with Crippen LogP contribution in [0.25, 0.3) is 0 Å². The Morgan fingerprint density at radius 1 is 0.902 bits per heavy atom. The lowest BCUT2D eigenvalue weighted by molar-refractivity contribution is -0.154. The molecular formula is C27H45N2O11P. The number of pyridine rings is 1. The number of rotatable bonds is 14. The van der Waals surface area contributed by atoms with Gasteiger partial charge in [-0.3, -0.25) is 14.3 Å². The number of hydrogen-bond acceptors (Lipinski definition) is 10. The SMILES string of the molecule is NC(=O)c1cccnc1.O=P(O)(O)OC[C@H]1OC(O)[C@H](OCCOC2CCCCC2)[C@@H]1OCCOC1CCCCC1. The molecule has 3 aliphatic rings. The van der Waals surface area contributed by atoms with Gasteiger partial charge in [0.05, 0.1) is 50.8 Å². The maximum atomic E-state index is 11.1. The summed E-state index contributed by atoms with van der Waals surface area (Å²) in [7, 11) is -4.68. The number of amides is 1. The average molecular weight is 605 g/mol. The molecule has 234 valence electrons. The van der Waals surface area contributed by atoms with Gasteiger partial charge in [0.2, 0.25) is 5.91 Å². The highest BCUT2D eigenvalue weighted by Gasteiger charge is 2.46. The third-order valence-electron chi connectivity index (χ3n) is 7.24. The quantitative estimate of drug-likeness (QED) is 0.180. The van der Waals surface area contributed by atoms with Crippen molar-refractivity contribution in [2.45, 2.75) is 101 Å². The van der Waals surface area contributed by atoms with Crippen LogP contribution in [-0.4, -0.2) is 95.6 Å². The molecule has 1 amide bonds. The van der Waals surface area contributed by atoms with E-state index in [1.54, 1.807) is 18.3 Å². The van der Waals surface area contributed by atoms with Crippen LogP contribution in [0.2, 0.25) is 0 Å². The Bertz CT molecular complexity index is 910. The van der Waals surface area contributed by atoms with Crippen molar-refractivity contribution in [2.24, 2.45) is 5.73 Å². The lowest BCUT2D eigenvalue weighted by Gasteiger charge is -2.26. The van der Waals surface area contributed by atoms with Crippen LogP contribution in [-0.2, 0) is 32.8 Å². The highest BCUT2D eigenvalue weighted by Crippen LogP contribution is 2.37. The summed E-state index contributed by atoms with van der Waals surface area (Å²) >= 11 is 0. The van der Waals surface area contributed by atoms with Crippen LogP contribution >= 0.6 is 7.82 Å². The van der Waals surface area contributed by atoms with E-state index in [0.717, 1.165) is 25.7 Å². The minimum absolute atomic E-state index is 0.246. The molecule has 41 heavy (non-hydrogen) atoms. The van der Waals surface area contributed by atoms with E-state index in [-0.39, 0.29) is 25.4 Å². The van der Waals surface area contributed by atoms with E-state index in [2.05, 4.69) is 9.51 Å². The maximum absolute atomic E-state index is 11.1. The topological polar surface area (TPSA) is 189 Å². The smallest absolute Gasteiger partial charge is 0.376 e. The van der Waals surface area contributed by atoms with Gasteiger partial charge in [0, 0.05) is 12.4 Å². The molecule has 2 heterocycles. The number of primary amides is 1. The van der Waals surface area contributed by atoms with E-state index in [9.17, 15) is 14.5 Å². The van der Waals surface area contributed by atoms with Gasteiger partial charge in [-0.25, -0.2) is 4.57 Å². The van der Waals surface area contributed by atoms with E-state index in [1.165, 1.54) is 44.7 Å². The highest BCUT2D eigenvalue weighted by molar-refractivity contribution is 7.46. The first-order chi connectivity index (χ1) is 19.7. The highest BCUT2D eigenvalue weighted by atomic mass is 31.2. The van der Waals surface area contributed by atoms with Crippen molar-refractivity contribution >= 4 is 13.7 Å². The zero-order chi connectivity index (χ0) is 29.5.